The van der Waals surface area contributed by atoms with Crippen LogP contribution in [0.2, 0.25) is 0 Å². The van der Waals surface area contributed by atoms with Gasteiger partial charge in [0.15, 0.2) is 0 Å². The molecule has 0 aromatic rings. The minimum absolute atomic E-state index is 0.00330. The number of allylic oxidation sites excluding steroid dienone is 7. The highest BCUT2D eigenvalue weighted by Crippen LogP contribution is 2.14. The highest BCUT2D eigenvalue weighted by atomic mass is 16.3. The fraction of sp³-hybridized carbons (Fsp3) is 0.769. The molecule has 0 aliphatic carbocycles. The molecule has 0 rings (SSSR count). The molecule has 0 radical (unpaired) electrons. The minimum Gasteiger partial charge on any atom is -0.394 e. The standard InChI is InChI=1S/C39H71NO4/c1-3-5-7-9-11-13-15-16-17-18-19-20-21-22-23-24-26-28-30-32-36(42)34-39(44)40-37(35-41)38(43)33-31-29-27-25-14-12-10-8-6-4-2/h5,7,11,13-14,25,31,33,36-38,41-43H,3-4,6,8-10,12,15-24,26-30,32,34-35H2,1-2H3,(H,40,44)/b7-5-,13-11-,25-14+,33-31+. The van der Waals surface area contributed by atoms with Gasteiger partial charge in [-0.05, 0) is 57.8 Å². The van der Waals surface area contributed by atoms with Crippen LogP contribution in [-0.4, -0.2) is 46.1 Å². The third-order valence-corrected chi connectivity index (χ3v) is 8.10. The zero-order valence-corrected chi connectivity index (χ0v) is 28.8. The van der Waals surface area contributed by atoms with E-state index in [0.717, 1.165) is 44.9 Å². The lowest BCUT2D eigenvalue weighted by molar-refractivity contribution is -0.124. The SMILES string of the molecule is CC/C=C\C/C=C\CCCCCCCCCCCCCCC(O)CC(=O)NC(CO)C(O)/C=C/CC/C=C/CCCCCC. The van der Waals surface area contributed by atoms with E-state index in [1.165, 1.54) is 96.3 Å². The summed E-state index contributed by atoms with van der Waals surface area (Å²) in [6.07, 6.45) is 42.4. The van der Waals surface area contributed by atoms with E-state index in [1.54, 1.807) is 6.08 Å². The van der Waals surface area contributed by atoms with Crippen LogP contribution in [0.5, 0.6) is 0 Å². The minimum atomic E-state index is -0.949. The lowest BCUT2D eigenvalue weighted by atomic mass is 10.0. The lowest BCUT2D eigenvalue weighted by Crippen LogP contribution is -2.45. The van der Waals surface area contributed by atoms with Crippen molar-refractivity contribution < 1.29 is 20.1 Å². The summed E-state index contributed by atoms with van der Waals surface area (Å²) in [7, 11) is 0. The molecule has 44 heavy (non-hydrogen) atoms. The summed E-state index contributed by atoms with van der Waals surface area (Å²) in [6.45, 7) is 4.04. The van der Waals surface area contributed by atoms with Crippen LogP contribution < -0.4 is 5.32 Å². The molecule has 0 saturated heterocycles. The molecule has 0 aromatic heterocycles. The molecule has 0 bridgehead atoms. The average Bonchev–Trinajstić information content (AvgIpc) is 3.01. The number of carbonyl (C=O) groups excluding carboxylic acids is 1. The molecule has 0 aliphatic rings. The maximum absolute atomic E-state index is 12.3. The predicted octanol–water partition coefficient (Wildman–Crippen LogP) is 9.81. The van der Waals surface area contributed by atoms with Gasteiger partial charge in [0.05, 0.1) is 31.3 Å². The van der Waals surface area contributed by atoms with E-state index in [-0.39, 0.29) is 18.9 Å². The number of carbonyl (C=O) groups is 1. The van der Waals surface area contributed by atoms with E-state index in [4.69, 9.17) is 0 Å². The number of amides is 1. The van der Waals surface area contributed by atoms with Crippen LogP contribution in [-0.2, 0) is 4.79 Å². The van der Waals surface area contributed by atoms with E-state index in [1.807, 2.05) is 6.08 Å². The first-order valence-electron chi connectivity index (χ1n) is 18.4. The molecule has 256 valence electrons. The summed E-state index contributed by atoms with van der Waals surface area (Å²) in [5, 5.41) is 32.9. The first kappa shape index (κ1) is 42.3. The van der Waals surface area contributed by atoms with Gasteiger partial charge in [0, 0.05) is 0 Å². The van der Waals surface area contributed by atoms with Crippen molar-refractivity contribution >= 4 is 5.91 Å². The van der Waals surface area contributed by atoms with Crippen molar-refractivity contribution in [2.75, 3.05) is 6.61 Å². The third-order valence-electron chi connectivity index (χ3n) is 8.10. The fourth-order valence-electron chi connectivity index (χ4n) is 5.27. The fourth-order valence-corrected chi connectivity index (χ4v) is 5.27. The third kappa shape index (κ3) is 30.3. The molecule has 0 aromatic carbocycles. The molecule has 3 unspecified atom stereocenters. The molecule has 4 N–H and O–H groups in total. The second-order valence-corrected chi connectivity index (χ2v) is 12.4. The number of nitrogens with one attached hydrogen (secondary N) is 1. The number of aliphatic hydroxyl groups excluding tert-OH is 3. The Kier molecular flexibility index (Phi) is 32.9. The van der Waals surface area contributed by atoms with Gasteiger partial charge in [-0.25, -0.2) is 0 Å². The van der Waals surface area contributed by atoms with Crippen molar-refractivity contribution in [3.05, 3.63) is 48.6 Å². The maximum Gasteiger partial charge on any atom is 0.222 e. The quantitative estimate of drug-likeness (QED) is 0.0447. The van der Waals surface area contributed by atoms with Crippen LogP contribution in [0.4, 0.5) is 0 Å². The molecule has 5 heteroatoms. The lowest BCUT2D eigenvalue weighted by Gasteiger charge is -2.21. The van der Waals surface area contributed by atoms with Gasteiger partial charge in [-0.2, -0.15) is 0 Å². The van der Waals surface area contributed by atoms with Gasteiger partial charge in [0.1, 0.15) is 0 Å². The van der Waals surface area contributed by atoms with E-state index < -0.39 is 18.2 Å². The van der Waals surface area contributed by atoms with Gasteiger partial charge in [-0.3, -0.25) is 4.79 Å². The van der Waals surface area contributed by atoms with Crippen LogP contribution >= 0.6 is 0 Å². The number of rotatable bonds is 32. The summed E-state index contributed by atoms with van der Waals surface area (Å²) in [5.41, 5.74) is 0. The Morgan fingerprint density at radius 3 is 1.70 bits per heavy atom. The molecular formula is C39H71NO4. The first-order chi connectivity index (χ1) is 21.5. The predicted molar refractivity (Wildman–Crippen MR) is 190 cm³/mol. The molecular weight excluding hydrogens is 546 g/mol. The van der Waals surface area contributed by atoms with Gasteiger partial charge in [-0.15, -0.1) is 0 Å². The van der Waals surface area contributed by atoms with Crippen molar-refractivity contribution in [1.29, 1.82) is 0 Å². The molecule has 0 aliphatic heterocycles. The highest BCUT2D eigenvalue weighted by molar-refractivity contribution is 5.76. The number of aliphatic hydroxyl groups is 3. The highest BCUT2D eigenvalue weighted by Gasteiger charge is 2.20. The zero-order chi connectivity index (χ0) is 32.4. The smallest absolute Gasteiger partial charge is 0.222 e. The van der Waals surface area contributed by atoms with E-state index >= 15 is 0 Å². The summed E-state index contributed by atoms with van der Waals surface area (Å²) in [6, 6.07) is -0.759. The second-order valence-electron chi connectivity index (χ2n) is 12.4. The molecule has 5 nitrogen and oxygen atoms in total. The Labute approximate surface area is 272 Å². The van der Waals surface area contributed by atoms with E-state index in [0.29, 0.717) is 6.42 Å². The van der Waals surface area contributed by atoms with Crippen molar-refractivity contribution in [3.63, 3.8) is 0 Å². The van der Waals surface area contributed by atoms with Gasteiger partial charge in [0.25, 0.3) is 0 Å². The second kappa shape index (κ2) is 34.2. The number of hydrogen-bond acceptors (Lipinski definition) is 4. The van der Waals surface area contributed by atoms with Gasteiger partial charge >= 0.3 is 0 Å². The topological polar surface area (TPSA) is 89.8 Å². The van der Waals surface area contributed by atoms with Crippen LogP contribution in [0, 0.1) is 0 Å². The Bertz CT molecular complexity index is 730. The van der Waals surface area contributed by atoms with Crippen molar-refractivity contribution in [3.8, 4) is 0 Å². The largest absolute Gasteiger partial charge is 0.394 e. The number of hydrogen-bond donors (Lipinski definition) is 4. The molecule has 1 amide bonds. The van der Waals surface area contributed by atoms with E-state index in [9.17, 15) is 20.1 Å². The van der Waals surface area contributed by atoms with Crippen molar-refractivity contribution in [2.45, 2.75) is 186 Å². The van der Waals surface area contributed by atoms with Crippen LogP contribution in [0.1, 0.15) is 168 Å². The monoisotopic (exact) mass is 618 g/mol. The molecule has 0 saturated carbocycles. The molecule has 0 spiro atoms. The van der Waals surface area contributed by atoms with Crippen LogP contribution in [0.15, 0.2) is 48.6 Å². The zero-order valence-electron chi connectivity index (χ0n) is 28.8. The van der Waals surface area contributed by atoms with Gasteiger partial charge in [-0.1, -0.05) is 152 Å². The molecule has 0 fully saturated rings. The van der Waals surface area contributed by atoms with Crippen molar-refractivity contribution in [2.24, 2.45) is 0 Å². The summed E-state index contributed by atoms with van der Waals surface area (Å²) in [4.78, 5) is 12.3. The van der Waals surface area contributed by atoms with Gasteiger partial charge < -0.3 is 20.6 Å². The summed E-state index contributed by atoms with van der Waals surface area (Å²) in [5.74, 6) is -0.331. The normalized spacial score (nSPS) is 14.4. The molecule has 3 atom stereocenters. The van der Waals surface area contributed by atoms with Crippen LogP contribution in [0.25, 0.3) is 0 Å². The van der Waals surface area contributed by atoms with Crippen LogP contribution in [0.3, 0.4) is 0 Å². The Balaban J connectivity index is 3.71. The van der Waals surface area contributed by atoms with Crippen molar-refractivity contribution in [1.82, 2.24) is 5.32 Å². The van der Waals surface area contributed by atoms with E-state index in [2.05, 4.69) is 55.6 Å². The number of unbranched alkanes of at least 4 members (excludes halogenated alkanes) is 17. The Morgan fingerprint density at radius 2 is 1.11 bits per heavy atom. The summed E-state index contributed by atoms with van der Waals surface area (Å²) < 4.78 is 0. The Hall–Kier alpha value is -1.69. The maximum atomic E-state index is 12.3. The molecule has 0 heterocycles. The average molecular weight is 618 g/mol. The summed E-state index contributed by atoms with van der Waals surface area (Å²) >= 11 is 0. The van der Waals surface area contributed by atoms with Gasteiger partial charge in [0.2, 0.25) is 5.91 Å². The Morgan fingerprint density at radius 1 is 0.614 bits per heavy atom. The first-order valence-corrected chi connectivity index (χ1v) is 18.4.